The number of nitrogens with zero attached hydrogens (tertiary/aromatic N) is 5. The Hall–Kier alpha value is -3.83. The van der Waals surface area contributed by atoms with Gasteiger partial charge >= 0.3 is 6.01 Å². The number of piperazine rings is 1. The summed E-state index contributed by atoms with van der Waals surface area (Å²) in [5.41, 5.74) is 2.98. The smallest absolute Gasteiger partial charge is 0.317 e. The Morgan fingerprint density at radius 3 is 2.82 bits per heavy atom. The van der Waals surface area contributed by atoms with Gasteiger partial charge in [0, 0.05) is 67.5 Å². The lowest BCUT2D eigenvalue weighted by molar-refractivity contribution is 0.0646. The SMILES string of the molecule is Cc1cn2cc(NC(=O)c3ccc(N4C[C@@H](C)N[C@@H](C)C4)c4cnc(OC[C@@H]5CCCO5)nc34)cc(F)c2n1. The number of hydrogen-bond donors (Lipinski definition) is 2. The van der Waals surface area contributed by atoms with Gasteiger partial charge in [-0.25, -0.2) is 14.4 Å². The van der Waals surface area contributed by atoms with E-state index < -0.39 is 11.7 Å². The molecule has 2 fully saturated rings. The number of aryl methyl sites for hydroxylation is 1. The van der Waals surface area contributed by atoms with Crippen molar-refractivity contribution < 1.29 is 18.7 Å². The number of carbonyl (C=O) groups excluding carboxylic acids is 1. The van der Waals surface area contributed by atoms with Crippen LogP contribution >= 0.6 is 0 Å². The third kappa shape index (κ3) is 5.24. The molecule has 10 nitrogen and oxygen atoms in total. The second-order valence-electron chi connectivity index (χ2n) is 10.5. The second-order valence-corrected chi connectivity index (χ2v) is 10.5. The third-order valence-corrected chi connectivity index (χ3v) is 7.16. The van der Waals surface area contributed by atoms with Crippen LogP contribution in [0.4, 0.5) is 15.8 Å². The summed E-state index contributed by atoms with van der Waals surface area (Å²) >= 11 is 0. The van der Waals surface area contributed by atoms with Gasteiger partial charge in [0.2, 0.25) is 0 Å². The maximum Gasteiger partial charge on any atom is 0.317 e. The largest absolute Gasteiger partial charge is 0.461 e. The first-order valence-electron chi connectivity index (χ1n) is 13.4. The molecule has 0 aliphatic carbocycles. The van der Waals surface area contributed by atoms with E-state index in [1.54, 1.807) is 36.0 Å². The molecule has 5 heterocycles. The van der Waals surface area contributed by atoms with Gasteiger partial charge in [-0.2, -0.15) is 4.98 Å². The summed E-state index contributed by atoms with van der Waals surface area (Å²) in [4.78, 5) is 29.2. The van der Waals surface area contributed by atoms with Crippen LogP contribution in [0.25, 0.3) is 16.6 Å². The lowest BCUT2D eigenvalue weighted by Gasteiger charge is -2.38. The maximum absolute atomic E-state index is 14.7. The predicted octanol–water partition coefficient (Wildman–Crippen LogP) is 3.72. The van der Waals surface area contributed by atoms with Gasteiger partial charge in [-0.1, -0.05) is 0 Å². The number of halogens is 1. The highest BCUT2D eigenvalue weighted by molar-refractivity contribution is 6.13. The molecule has 2 aliphatic rings. The standard InChI is InChI=1S/C28H32FN7O3/c1-16-11-35(12-17(2)31-16)24-7-6-21(25-22(24)10-30-28(34-25)39-15-20-5-4-8-38-20)27(37)33-19-9-23(29)26-32-18(3)13-36(26)14-19/h6-7,9-10,13-14,16-17,20,31H,4-5,8,11-12,15H2,1-3H3,(H,33,37)/t16-,17+,20-/m0/s1. The van der Waals surface area contributed by atoms with Crippen molar-refractivity contribution in [3.8, 4) is 6.01 Å². The maximum atomic E-state index is 14.7. The zero-order valence-electron chi connectivity index (χ0n) is 22.3. The Balaban J connectivity index is 1.36. The topological polar surface area (TPSA) is 106 Å². The molecule has 0 radical (unpaired) electrons. The van der Waals surface area contributed by atoms with Crippen LogP contribution in [0.1, 0.15) is 42.7 Å². The van der Waals surface area contributed by atoms with Gasteiger partial charge in [-0.3, -0.25) is 4.79 Å². The molecule has 39 heavy (non-hydrogen) atoms. The van der Waals surface area contributed by atoms with E-state index in [4.69, 9.17) is 9.47 Å². The minimum Gasteiger partial charge on any atom is -0.461 e. The minimum atomic E-state index is -0.518. The summed E-state index contributed by atoms with van der Waals surface area (Å²) in [5.74, 6) is -0.928. The highest BCUT2D eigenvalue weighted by Gasteiger charge is 2.25. The number of hydrogen-bond acceptors (Lipinski definition) is 8. The number of aromatic nitrogens is 4. The van der Waals surface area contributed by atoms with Crippen LogP contribution in [0.3, 0.4) is 0 Å². The fraction of sp³-hybridized carbons (Fsp3) is 0.429. The molecule has 0 saturated carbocycles. The molecular formula is C28H32FN7O3. The zero-order valence-corrected chi connectivity index (χ0v) is 22.3. The molecule has 11 heteroatoms. The Bertz CT molecular complexity index is 1520. The second kappa shape index (κ2) is 10.4. The fourth-order valence-corrected chi connectivity index (χ4v) is 5.53. The van der Waals surface area contributed by atoms with Crippen LogP contribution in [0.2, 0.25) is 0 Å². The van der Waals surface area contributed by atoms with Gasteiger partial charge in [-0.05, 0) is 45.7 Å². The monoisotopic (exact) mass is 533 g/mol. The third-order valence-electron chi connectivity index (χ3n) is 7.16. The lowest BCUT2D eigenvalue weighted by atomic mass is 10.0. The van der Waals surface area contributed by atoms with Gasteiger partial charge in [0.05, 0.1) is 28.6 Å². The van der Waals surface area contributed by atoms with Crippen molar-refractivity contribution in [3.05, 3.63) is 53.9 Å². The van der Waals surface area contributed by atoms with Crippen LogP contribution in [-0.2, 0) is 4.74 Å². The Kier molecular flexibility index (Phi) is 6.78. The van der Waals surface area contributed by atoms with Crippen molar-refractivity contribution in [2.45, 2.75) is 51.8 Å². The van der Waals surface area contributed by atoms with E-state index in [1.807, 2.05) is 6.07 Å². The number of benzene rings is 1. The molecule has 2 N–H and O–H groups in total. The molecule has 4 aromatic rings. The summed E-state index contributed by atoms with van der Waals surface area (Å²) in [6.07, 6.45) is 7.02. The van der Waals surface area contributed by atoms with Gasteiger partial charge in [0.25, 0.3) is 5.91 Å². The van der Waals surface area contributed by atoms with E-state index in [0.717, 1.165) is 43.6 Å². The van der Waals surface area contributed by atoms with Crippen molar-refractivity contribution in [1.82, 2.24) is 24.7 Å². The Morgan fingerprint density at radius 2 is 2.05 bits per heavy atom. The molecule has 0 spiro atoms. The Morgan fingerprint density at radius 1 is 1.23 bits per heavy atom. The van der Waals surface area contributed by atoms with Crippen LogP contribution in [0, 0.1) is 12.7 Å². The van der Waals surface area contributed by atoms with Crippen molar-refractivity contribution in [3.63, 3.8) is 0 Å². The number of carbonyl (C=O) groups is 1. The van der Waals surface area contributed by atoms with Crippen LogP contribution in [0.15, 0.2) is 36.8 Å². The van der Waals surface area contributed by atoms with Crippen LogP contribution in [0.5, 0.6) is 6.01 Å². The molecule has 1 aromatic carbocycles. The zero-order chi connectivity index (χ0) is 27.1. The molecule has 6 rings (SSSR count). The molecule has 3 aromatic heterocycles. The molecule has 2 aliphatic heterocycles. The normalized spacial score (nSPS) is 21.5. The van der Waals surface area contributed by atoms with Crippen LogP contribution in [-0.4, -0.2) is 69.8 Å². The lowest BCUT2D eigenvalue weighted by Crippen LogP contribution is -2.54. The molecular weight excluding hydrogens is 501 g/mol. The molecule has 204 valence electrons. The first kappa shape index (κ1) is 25.4. The predicted molar refractivity (Wildman–Crippen MR) is 146 cm³/mol. The molecule has 0 bridgehead atoms. The number of nitrogens with one attached hydrogen (secondary N) is 2. The first-order chi connectivity index (χ1) is 18.8. The molecule has 0 unspecified atom stereocenters. The number of ether oxygens (including phenoxy) is 2. The number of rotatable bonds is 6. The van der Waals surface area contributed by atoms with Crippen molar-refractivity contribution in [2.24, 2.45) is 0 Å². The molecule has 3 atom stereocenters. The summed E-state index contributed by atoms with van der Waals surface area (Å²) in [6.45, 7) is 8.79. The average molecular weight is 534 g/mol. The average Bonchev–Trinajstić information content (AvgIpc) is 3.55. The van der Waals surface area contributed by atoms with Crippen molar-refractivity contribution in [2.75, 3.05) is 36.5 Å². The van der Waals surface area contributed by atoms with E-state index in [0.29, 0.717) is 41.2 Å². The Labute approximate surface area is 225 Å². The summed E-state index contributed by atoms with van der Waals surface area (Å²) < 4.78 is 27.8. The number of amides is 1. The summed E-state index contributed by atoms with van der Waals surface area (Å²) in [7, 11) is 0. The number of fused-ring (bicyclic) bond motifs is 2. The number of imidazole rings is 1. The van der Waals surface area contributed by atoms with Crippen LogP contribution < -0.4 is 20.3 Å². The fourth-order valence-electron chi connectivity index (χ4n) is 5.53. The van der Waals surface area contributed by atoms with Gasteiger partial charge in [-0.15, -0.1) is 0 Å². The van der Waals surface area contributed by atoms with E-state index in [9.17, 15) is 9.18 Å². The highest BCUT2D eigenvalue weighted by Crippen LogP contribution is 2.31. The van der Waals surface area contributed by atoms with E-state index in [1.165, 1.54) is 6.07 Å². The summed E-state index contributed by atoms with van der Waals surface area (Å²) in [6, 6.07) is 5.76. The van der Waals surface area contributed by atoms with Gasteiger partial charge in [0.15, 0.2) is 11.5 Å². The number of pyridine rings is 1. The van der Waals surface area contributed by atoms with E-state index in [2.05, 4.69) is 44.3 Å². The molecule has 1 amide bonds. The molecule has 2 saturated heterocycles. The van der Waals surface area contributed by atoms with Crippen molar-refractivity contribution >= 4 is 33.8 Å². The van der Waals surface area contributed by atoms with Gasteiger partial charge < -0.3 is 29.4 Å². The van der Waals surface area contributed by atoms with E-state index >= 15 is 0 Å². The first-order valence-corrected chi connectivity index (χ1v) is 13.4. The van der Waals surface area contributed by atoms with E-state index in [-0.39, 0.29) is 17.8 Å². The van der Waals surface area contributed by atoms with Gasteiger partial charge in [0.1, 0.15) is 6.61 Å². The minimum absolute atomic E-state index is 0.0128. The van der Waals surface area contributed by atoms with Crippen molar-refractivity contribution in [1.29, 1.82) is 0 Å². The number of anilines is 2. The quantitative estimate of drug-likeness (QED) is 0.386. The summed E-state index contributed by atoms with van der Waals surface area (Å²) in [5, 5.41) is 7.13. The highest BCUT2D eigenvalue weighted by atomic mass is 19.1.